The van der Waals surface area contributed by atoms with Crippen molar-refractivity contribution < 1.29 is 14.3 Å². The number of ether oxygens (including phenoxy) is 2. The Morgan fingerprint density at radius 3 is 2.34 bits per heavy atom. The summed E-state index contributed by atoms with van der Waals surface area (Å²) in [4.78, 5) is 25.5. The third kappa shape index (κ3) is 5.39. The third-order valence-corrected chi connectivity index (χ3v) is 5.98. The second-order valence-corrected chi connectivity index (χ2v) is 8.15. The average Bonchev–Trinajstić information content (AvgIpc) is 2.78. The van der Waals surface area contributed by atoms with Gasteiger partial charge in [-0.15, -0.1) is 0 Å². The summed E-state index contributed by atoms with van der Waals surface area (Å²) in [7, 11) is 0. The lowest BCUT2D eigenvalue weighted by molar-refractivity contribution is 0.0303. The van der Waals surface area contributed by atoms with Gasteiger partial charge in [0.05, 0.1) is 26.4 Å². The van der Waals surface area contributed by atoms with Crippen molar-refractivity contribution in [3.8, 4) is 0 Å². The van der Waals surface area contributed by atoms with Gasteiger partial charge in [0.1, 0.15) is 11.0 Å². The normalized spacial score (nSPS) is 17.4. The molecule has 154 valence electrons. The van der Waals surface area contributed by atoms with E-state index < -0.39 is 0 Å². The number of morpholine rings is 2. The number of benzene rings is 1. The van der Waals surface area contributed by atoms with Crippen LogP contribution in [0.2, 0.25) is 5.15 Å². The number of halogens is 1. The van der Waals surface area contributed by atoms with E-state index in [0.717, 1.165) is 24.5 Å². The molecule has 0 unspecified atom stereocenters. The molecule has 0 spiro atoms. The standard InChI is InChI=1S/C20H23ClN4O3S/c21-17-13-18(24-5-9-27-10-6-24)23-20(22-17)29-14-15-1-3-16(4-2-15)19(26)25-7-11-28-12-8-25/h1-4,13H,5-12,14H2. The number of amides is 1. The van der Waals surface area contributed by atoms with Gasteiger partial charge in [0.15, 0.2) is 5.16 Å². The minimum absolute atomic E-state index is 0.0563. The number of anilines is 1. The van der Waals surface area contributed by atoms with E-state index in [0.29, 0.717) is 61.1 Å². The minimum atomic E-state index is 0.0563. The SMILES string of the molecule is O=C(c1ccc(CSc2nc(Cl)cc(N3CCOCC3)n2)cc1)N1CCOCC1. The molecule has 4 rings (SSSR count). The maximum atomic E-state index is 12.5. The Bertz CT molecular complexity index is 840. The van der Waals surface area contributed by atoms with Crippen LogP contribution in [-0.4, -0.2) is 73.4 Å². The van der Waals surface area contributed by atoms with Gasteiger partial charge >= 0.3 is 0 Å². The number of hydrogen-bond donors (Lipinski definition) is 0. The summed E-state index contributed by atoms with van der Waals surface area (Å²) >= 11 is 7.74. The number of nitrogens with zero attached hydrogens (tertiary/aromatic N) is 4. The molecule has 2 aliphatic rings. The molecule has 29 heavy (non-hydrogen) atoms. The van der Waals surface area contributed by atoms with Gasteiger partial charge in [-0.2, -0.15) is 0 Å². The lowest BCUT2D eigenvalue weighted by Crippen LogP contribution is -2.40. The number of thioether (sulfide) groups is 1. The van der Waals surface area contributed by atoms with Crippen molar-refractivity contribution in [2.24, 2.45) is 0 Å². The number of aromatic nitrogens is 2. The lowest BCUT2D eigenvalue weighted by atomic mass is 10.1. The molecule has 2 aliphatic heterocycles. The molecule has 3 heterocycles. The highest BCUT2D eigenvalue weighted by atomic mass is 35.5. The Kier molecular flexibility index (Phi) is 6.86. The van der Waals surface area contributed by atoms with Gasteiger partial charge in [-0.05, 0) is 17.7 Å². The van der Waals surface area contributed by atoms with Crippen LogP contribution >= 0.6 is 23.4 Å². The zero-order valence-electron chi connectivity index (χ0n) is 16.1. The zero-order valence-corrected chi connectivity index (χ0v) is 17.6. The van der Waals surface area contributed by atoms with Crippen LogP contribution in [0.1, 0.15) is 15.9 Å². The zero-order chi connectivity index (χ0) is 20.1. The average molecular weight is 435 g/mol. The Morgan fingerprint density at radius 1 is 1.00 bits per heavy atom. The van der Waals surface area contributed by atoms with Crippen LogP contribution in [0.25, 0.3) is 0 Å². The fraction of sp³-hybridized carbons (Fsp3) is 0.450. The molecule has 2 saturated heterocycles. The molecule has 0 aliphatic carbocycles. The van der Waals surface area contributed by atoms with Gasteiger partial charge in [0.2, 0.25) is 0 Å². The number of carbonyl (C=O) groups is 1. The summed E-state index contributed by atoms with van der Waals surface area (Å²) < 4.78 is 10.7. The van der Waals surface area contributed by atoms with Crippen LogP contribution < -0.4 is 4.90 Å². The summed E-state index contributed by atoms with van der Waals surface area (Å²) in [5.74, 6) is 1.60. The van der Waals surface area contributed by atoms with E-state index in [9.17, 15) is 4.79 Å². The summed E-state index contributed by atoms with van der Waals surface area (Å²) in [5.41, 5.74) is 1.80. The summed E-state index contributed by atoms with van der Waals surface area (Å²) in [6.07, 6.45) is 0. The van der Waals surface area contributed by atoms with Crippen molar-refractivity contribution in [2.45, 2.75) is 10.9 Å². The Balaban J connectivity index is 1.37. The summed E-state index contributed by atoms with van der Waals surface area (Å²) in [6, 6.07) is 9.52. The van der Waals surface area contributed by atoms with Crippen molar-refractivity contribution in [3.63, 3.8) is 0 Å². The molecule has 2 fully saturated rings. The Hall–Kier alpha value is -1.87. The first-order valence-corrected chi connectivity index (χ1v) is 11.0. The molecule has 9 heteroatoms. The van der Waals surface area contributed by atoms with Gasteiger partial charge in [0.25, 0.3) is 5.91 Å². The number of carbonyl (C=O) groups excluding carboxylic acids is 1. The predicted molar refractivity (Wildman–Crippen MR) is 113 cm³/mol. The van der Waals surface area contributed by atoms with Gasteiger partial charge in [0, 0.05) is 43.6 Å². The second-order valence-electron chi connectivity index (χ2n) is 6.82. The highest BCUT2D eigenvalue weighted by Crippen LogP contribution is 2.25. The lowest BCUT2D eigenvalue weighted by Gasteiger charge is -2.27. The van der Waals surface area contributed by atoms with E-state index >= 15 is 0 Å². The van der Waals surface area contributed by atoms with Crippen molar-refractivity contribution in [1.82, 2.24) is 14.9 Å². The van der Waals surface area contributed by atoms with Gasteiger partial charge in [-0.3, -0.25) is 4.79 Å². The number of hydrogen-bond acceptors (Lipinski definition) is 7. The van der Waals surface area contributed by atoms with Crippen LogP contribution in [-0.2, 0) is 15.2 Å². The van der Waals surface area contributed by atoms with Crippen LogP contribution in [0, 0.1) is 0 Å². The third-order valence-electron chi connectivity index (χ3n) is 4.86. The first-order valence-electron chi connectivity index (χ1n) is 9.65. The van der Waals surface area contributed by atoms with E-state index in [1.807, 2.05) is 29.2 Å². The monoisotopic (exact) mass is 434 g/mol. The second kappa shape index (κ2) is 9.75. The molecule has 0 atom stereocenters. The quantitative estimate of drug-likeness (QED) is 0.407. The molecule has 0 N–H and O–H groups in total. The topological polar surface area (TPSA) is 67.8 Å². The number of rotatable bonds is 5. The first kappa shape index (κ1) is 20.4. The molecule has 0 saturated carbocycles. The van der Waals surface area contributed by atoms with Crippen molar-refractivity contribution in [3.05, 3.63) is 46.6 Å². The summed E-state index contributed by atoms with van der Waals surface area (Å²) in [5, 5.41) is 1.09. The van der Waals surface area contributed by atoms with E-state index in [1.54, 1.807) is 6.07 Å². The van der Waals surface area contributed by atoms with E-state index in [-0.39, 0.29) is 5.91 Å². The molecule has 7 nitrogen and oxygen atoms in total. The smallest absolute Gasteiger partial charge is 0.254 e. The largest absolute Gasteiger partial charge is 0.378 e. The van der Waals surface area contributed by atoms with E-state index in [4.69, 9.17) is 21.1 Å². The molecule has 0 radical (unpaired) electrons. The Morgan fingerprint density at radius 2 is 1.66 bits per heavy atom. The van der Waals surface area contributed by atoms with Crippen molar-refractivity contribution in [1.29, 1.82) is 0 Å². The maximum Gasteiger partial charge on any atom is 0.254 e. The van der Waals surface area contributed by atoms with Gasteiger partial charge < -0.3 is 19.3 Å². The summed E-state index contributed by atoms with van der Waals surface area (Å²) in [6.45, 7) is 5.49. The molecule has 1 aromatic heterocycles. The maximum absolute atomic E-state index is 12.5. The minimum Gasteiger partial charge on any atom is -0.378 e. The Labute approximate surface area is 179 Å². The molecular formula is C20H23ClN4O3S. The fourth-order valence-corrected chi connectivity index (χ4v) is 4.28. The van der Waals surface area contributed by atoms with Gasteiger partial charge in [-0.1, -0.05) is 35.5 Å². The highest BCUT2D eigenvalue weighted by molar-refractivity contribution is 7.98. The predicted octanol–water partition coefficient (Wildman–Crippen LogP) is 2.73. The van der Waals surface area contributed by atoms with Crippen LogP contribution in [0.5, 0.6) is 0 Å². The molecule has 2 aromatic rings. The van der Waals surface area contributed by atoms with E-state index in [1.165, 1.54) is 11.8 Å². The molecule has 1 aromatic carbocycles. The first-order chi connectivity index (χ1) is 14.2. The van der Waals surface area contributed by atoms with Crippen molar-refractivity contribution in [2.75, 3.05) is 57.5 Å². The molecule has 1 amide bonds. The molecule has 0 bridgehead atoms. The van der Waals surface area contributed by atoms with E-state index in [2.05, 4.69) is 14.9 Å². The molecular weight excluding hydrogens is 412 g/mol. The van der Waals surface area contributed by atoms with Gasteiger partial charge in [-0.25, -0.2) is 9.97 Å². The fourth-order valence-electron chi connectivity index (χ4n) is 3.24. The van der Waals surface area contributed by atoms with Crippen LogP contribution in [0.3, 0.4) is 0 Å². The van der Waals surface area contributed by atoms with Crippen LogP contribution in [0.4, 0.5) is 5.82 Å². The van der Waals surface area contributed by atoms with Crippen molar-refractivity contribution >= 4 is 35.1 Å². The van der Waals surface area contributed by atoms with Crippen LogP contribution in [0.15, 0.2) is 35.5 Å². The highest BCUT2D eigenvalue weighted by Gasteiger charge is 2.18.